The fourth-order valence-electron chi connectivity index (χ4n) is 3.21. The maximum absolute atomic E-state index is 13.0. The number of Topliss-reactive ketones (excluding diaryl/α,β-unsaturated/α-hetero) is 2. The topological polar surface area (TPSA) is 83.5 Å². The fourth-order valence-corrected chi connectivity index (χ4v) is 3.85. The minimum Gasteiger partial charge on any atom is -0.341 e. The Morgan fingerprint density at radius 3 is 2.83 bits per heavy atom. The molecule has 23 heavy (non-hydrogen) atoms. The van der Waals surface area contributed by atoms with Crippen LogP contribution in [0.1, 0.15) is 39.0 Å². The van der Waals surface area contributed by atoms with Crippen molar-refractivity contribution in [3.63, 3.8) is 0 Å². The first-order valence-corrected chi connectivity index (χ1v) is 8.46. The number of fused-ring (bicyclic) bond motifs is 3. The number of nitrogens with zero attached hydrogens (tertiary/aromatic N) is 2. The molecule has 0 amide bonds. The van der Waals surface area contributed by atoms with E-state index in [0.29, 0.717) is 17.1 Å². The van der Waals surface area contributed by atoms with Crippen LogP contribution in [0.15, 0.2) is 18.2 Å². The van der Waals surface area contributed by atoms with Gasteiger partial charge in [-0.05, 0) is 53.0 Å². The Morgan fingerprint density at radius 1 is 1.35 bits per heavy atom. The predicted octanol–water partition coefficient (Wildman–Crippen LogP) is 3.12. The van der Waals surface area contributed by atoms with E-state index in [9.17, 15) is 9.59 Å². The second-order valence-corrected chi connectivity index (χ2v) is 7.17. The highest BCUT2D eigenvalue weighted by molar-refractivity contribution is 14.1. The number of rotatable bonds is 1. The minimum absolute atomic E-state index is 0.0550. The van der Waals surface area contributed by atoms with Gasteiger partial charge in [0.05, 0.1) is 17.2 Å². The first-order valence-electron chi connectivity index (χ1n) is 6.97. The van der Waals surface area contributed by atoms with Crippen molar-refractivity contribution < 1.29 is 9.59 Å². The zero-order chi connectivity index (χ0) is 16.3. The molecule has 116 valence electrons. The lowest BCUT2D eigenvalue weighted by Gasteiger charge is -2.19. The largest absolute Gasteiger partial charge is 0.341 e. The average molecular weight is 438 g/mol. The Hall–Kier alpha value is -1.81. The molecule has 0 aliphatic heterocycles. The van der Waals surface area contributed by atoms with Gasteiger partial charge in [-0.3, -0.25) is 19.8 Å². The maximum atomic E-state index is 13.0. The van der Waals surface area contributed by atoms with Crippen molar-refractivity contribution in [1.82, 2.24) is 19.7 Å². The number of carbonyl (C=O) groups is 2. The number of aromatic nitrogens is 4. The Labute approximate surface area is 149 Å². The number of hydrogen-bond donors (Lipinski definition) is 2. The molecule has 2 heterocycles. The number of halogens is 1. The number of aryl methyl sites for hydroxylation is 1. The molecule has 1 aliphatic carbocycles. The number of nitrogens with one attached hydrogen (secondary N) is 2. The molecule has 0 saturated carbocycles. The third kappa shape index (κ3) is 2.12. The number of H-pyrrole nitrogens is 2. The van der Waals surface area contributed by atoms with E-state index in [-0.39, 0.29) is 22.8 Å². The van der Waals surface area contributed by atoms with Crippen LogP contribution >= 0.6 is 34.8 Å². The van der Waals surface area contributed by atoms with Crippen molar-refractivity contribution in [2.75, 3.05) is 0 Å². The van der Waals surface area contributed by atoms with Gasteiger partial charge < -0.3 is 4.57 Å². The molecule has 4 rings (SSSR count). The van der Waals surface area contributed by atoms with E-state index in [2.05, 4.69) is 37.8 Å². The Bertz CT molecular complexity index is 1050. The standard InChI is InChI=1S/C15H11IN4O2S/c1-20-9-3-2-6(16)4-7(9)11-12(20)10(21)5-8(13(11)22)14-17-15(23)19-18-14/h2-4,8H,5H2,1H3,(H2,17,18,19,23). The van der Waals surface area contributed by atoms with E-state index < -0.39 is 5.92 Å². The lowest BCUT2D eigenvalue weighted by molar-refractivity contribution is 0.0858. The van der Waals surface area contributed by atoms with Gasteiger partial charge in [-0.15, -0.1) is 0 Å². The highest BCUT2D eigenvalue weighted by Crippen LogP contribution is 2.37. The normalized spacial score (nSPS) is 17.7. The third-order valence-electron chi connectivity index (χ3n) is 4.23. The lowest BCUT2D eigenvalue weighted by atomic mass is 9.84. The summed E-state index contributed by atoms with van der Waals surface area (Å²) in [7, 11) is 1.82. The zero-order valence-corrected chi connectivity index (χ0v) is 15.0. The van der Waals surface area contributed by atoms with Gasteiger partial charge in [-0.25, -0.2) is 4.98 Å². The van der Waals surface area contributed by atoms with E-state index in [4.69, 9.17) is 12.2 Å². The van der Waals surface area contributed by atoms with Crippen molar-refractivity contribution in [3.05, 3.63) is 43.6 Å². The maximum Gasteiger partial charge on any atom is 0.213 e. The van der Waals surface area contributed by atoms with Crippen molar-refractivity contribution in [2.45, 2.75) is 12.3 Å². The van der Waals surface area contributed by atoms with Crippen LogP contribution < -0.4 is 0 Å². The summed E-state index contributed by atoms with van der Waals surface area (Å²) in [6, 6.07) is 5.84. The molecule has 1 aromatic carbocycles. The molecule has 2 aromatic heterocycles. The predicted molar refractivity (Wildman–Crippen MR) is 95.4 cm³/mol. The van der Waals surface area contributed by atoms with Gasteiger partial charge in [0.1, 0.15) is 5.82 Å². The number of aromatic amines is 2. The summed E-state index contributed by atoms with van der Waals surface area (Å²) in [6.07, 6.45) is 0.100. The third-order valence-corrected chi connectivity index (χ3v) is 5.09. The van der Waals surface area contributed by atoms with Gasteiger partial charge in [0.25, 0.3) is 0 Å². The van der Waals surface area contributed by atoms with E-state index >= 15 is 0 Å². The van der Waals surface area contributed by atoms with Crippen LogP contribution in [-0.2, 0) is 7.05 Å². The number of carbonyl (C=O) groups excluding carboxylic acids is 2. The van der Waals surface area contributed by atoms with E-state index in [1.165, 1.54) is 0 Å². The van der Waals surface area contributed by atoms with Gasteiger partial charge in [0.15, 0.2) is 11.6 Å². The Balaban J connectivity index is 1.99. The van der Waals surface area contributed by atoms with Crippen LogP contribution in [0.25, 0.3) is 10.9 Å². The summed E-state index contributed by atoms with van der Waals surface area (Å²) in [5.41, 5.74) is 1.86. The smallest absolute Gasteiger partial charge is 0.213 e. The zero-order valence-electron chi connectivity index (χ0n) is 12.0. The van der Waals surface area contributed by atoms with Gasteiger partial charge in [0.2, 0.25) is 4.77 Å². The molecule has 0 bridgehead atoms. The lowest BCUT2D eigenvalue weighted by Crippen LogP contribution is -2.27. The summed E-state index contributed by atoms with van der Waals surface area (Å²) in [4.78, 5) is 29.8. The quantitative estimate of drug-likeness (QED) is 0.452. The molecule has 1 unspecified atom stereocenters. The molecular weight excluding hydrogens is 427 g/mol. The minimum atomic E-state index is -0.619. The molecule has 3 aromatic rings. The molecule has 8 heteroatoms. The molecule has 1 aliphatic rings. The summed E-state index contributed by atoms with van der Waals surface area (Å²) < 4.78 is 3.10. The van der Waals surface area contributed by atoms with Gasteiger partial charge in [-0.2, -0.15) is 0 Å². The molecule has 1 atom stereocenters. The summed E-state index contributed by atoms with van der Waals surface area (Å²) >= 11 is 7.15. The average Bonchev–Trinajstić information content (AvgIpc) is 3.05. The fraction of sp³-hybridized carbons (Fsp3) is 0.200. The molecule has 0 radical (unpaired) electrons. The van der Waals surface area contributed by atoms with Crippen molar-refractivity contribution >= 4 is 57.3 Å². The second kappa shape index (κ2) is 5.10. The molecular formula is C15H11IN4O2S. The van der Waals surface area contributed by atoms with E-state index in [1.54, 1.807) is 0 Å². The number of benzene rings is 1. The van der Waals surface area contributed by atoms with Crippen LogP contribution in [0.5, 0.6) is 0 Å². The monoisotopic (exact) mass is 438 g/mol. The molecule has 2 N–H and O–H groups in total. The van der Waals surface area contributed by atoms with Gasteiger partial charge in [0, 0.05) is 27.9 Å². The first kappa shape index (κ1) is 14.8. The SMILES string of the molecule is Cn1c2c(c3cc(I)ccc31)C(=O)C(c1nc(=S)[nH][nH]1)CC2=O. The van der Waals surface area contributed by atoms with Crippen molar-refractivity contribution in [3.8, 4) is 0 Å². The molecule has 0 spiro atoms. The van der Waals surface area contributed by atoms with Crippen LogP contribution in [0.4, 0.5) is 0 Å². The van der Waals surface area contributed by atoms with Crippen LogP contribution in [0, 0.1) is 8.34 Å². The second-order valence-electron chi connectivity index (χ2n) is 5.54. The highest BCUT2D eigenvalue weighted by atomic mass is 127. The Kier molecular flexibility index (Phi) is 3.27. The molecule has 6 nitrogen and oxygen atoms in total. The number of hydrogen-bond acceptors (Lipinski definition) is 4. The summed E-state index contributed by atoms with van der Waals surface area (Å²) in [6.45, 7) is 0. The first-order chi connectivity index (χ1) is 11.0. The highest BCUT2D eigenvalue weighted by Gasteiger charge is 2.39. The van der Waals surface area contributed by atoms with Crippen LogP contribution in [-0.4, -0.2) is 31.3 Å². The van der Waals surface area contributed by atoms with E-state index in [0.717, 1.165) is 14.5 Å². The summed E-state index contributed by atoms with van der Waals surface area (Å²) in [5, 5.41) is 6.30. The number of ketones is 2. The van der Waals surface area contributed by atoms with Crippen LogP contribution in [0.3, 0.4) is 0 Å². The summed E-state index contributed by atoms with van der Waals surface area (Å²) in [5.74, 6) is -0.348. The molecule has 0 saturated heterocycles. The van der Waals surface area contributed by atoms with Gasteiger partial charge in [-0.1, -0.05) is 0 Å². The van der Waals surface area contributed by atoms with E-state index in [1.807, 2.05) is 29.8 Å². The van der Waals surface area contributed by atoms with Crippen molar-refractivity contribution in [1.29, 1.82) is 0 Å². The van der Waals surface area contributed by atoms with Crippen molar-refractivity contribution in [2.24, 2.45) is 7.05 Å². The van der Waals surface area contributed by atoms with Gasteiger partial charge >= 0.3 is 0 Å². The van der Waals surface area contributed by atoms with Crippen LogP contribution in [0.2, 0.25) is 0 Å². The molecule has 0 fully saturated rings. The Morgan fingerprint density at radius 2 is 2.13 bits per heavy atom.